The van der Waals surface area contributed by atoms with Crippen molar-refractivity contribution in [1.29, 1.82) is 5.26 Å². The van der Waals surface area contributed by atoms with Crippen LogP contribution in [0.4, 0.5) is 0 Å². The highest BCUT2D eigenvalue weighted by molar-refractivity contribution is 5.34. The van der Waals surface area contributed by atoms with Gasteiger partial charge in [-0.15, -0.1) is 0 Å². The topological polar surface area (TPSA) is 33.0 Å². The maximum absolute atomic E-state index is 8.88. The summed E-state index contributed by atoms with van der Waals surface area (Å²) in [5.74, 6) is 0. The van der Waals surface area contributed by atoms with E-state index in [9.17, 15) is 0 Å². The molecule has 2 atom stereocenters. The first-order chi connectivity index (χ1) is 6.31. The van der Waals surface area contributed by atoms with Gasteiger partial charge in [0.1, 0.15) is 0 Å². The van der Waals surface area contributed by atoms with Gasteiger partial charge in [0.25, 0.3) is 0 Å². The van der Waals surface area contributed by atoms with E-state index >= 15 is 0 Å². The molecule has 1 aliphatic heterocycles. The Kier molecular flexibility index (Phi) is 2.03. The lowest BCUT2D eigenvalue weighted by Gasteiger charge is -2.26. The second kappa shape index (κ2) is 3.20. The monoisotopic (exact) mass is 173 g/mol. The van der Waals surface area contributed by atoms with Gasteiger partial charge in [0, 0.05) is 0 Å². The minimum atomic E-state index is -0.375. The van der Waals surface area contributed by atoms with Gasteiger partial charge in [-0.3, -0.25) is 0 Å². The molecular weight excluding hydrogens is 162 g/mol. The van der Waals surface area contributed by atoms with E-state index in [1.807, 2.05) is 25.1 Å². The average Bonchev–Trinajstić information content (AvgIpc) is 2.16. The number of ether oxygens (including phenoxy) is 1. The fraction of sp³-hybridized carbons (Fsp3) is 0.364. The number of rotatable bonds is 0. The third kappa shape index (κ3) is 1.43. The molecule has 2 heteroatoms. The molecule has 0 N–H and O–H groups in total. The standard InChI is InChI=1S/C11H11NO/c1-8-6-9-4-2-3-5-10(9)11(7-12)13-8/h2-5,8,11H,6H2,1H3/t8-,11-/m1/s1. The average molecular weight is 173 g/mol. The van der Waals surface area contributed by atoms with Crippen LogP contribution in [0.2, 0.25) is 0 Å². The number of nitriles is 1. The minimum Gasteiger partial charge on any atom is -0.355 e. The Bertz CT molecular complexity index is 353. The zero-order valence-corrected chi connectivity index (χ0v) is 7.53. The zero-order chi connectivity index (χ0) is 9.26. The van der Waals surface area contributed by atoms with Crippen LogP contribution in [-0.2, 0) is 11.2 Å². The normalized spacial score (nSPS) is 26.2. The van der Waals surface area contributed by atoms with E-state index in [0.29, 0.717) is 0 Å². The van der Waals surface area contributed by atoms with Crippen molar-refractivity contribution in [3.8, 4) is 6.07 Å². The number of benzene rings is 1. The summed E-state index contributed by atoms with van der Waals surface area (Å²) >= 11 is 0. The van der Waals surface area contributed by atoms with Crippen molar-refractivity contribution in [3.05, 3.63) is 35.4 Å². The van der Waals surface area contributed by atoms with Crippen LogP contribution in [0, 0.1) is 11.3 Å². The van der Waals surface area contributed by atoms with Crippen molar-refractivity contribution >= 4 is 0 Å². The summed E-state index contributed by atoms with van der Waals surface area (Å²) in [7, 11) is 0. The number of hydrogen-bond acceptors (Lipinski definition) is 2. The molecule has 0 saturated heterocycles. The smallest absolute Gasteiger partial charge is 0.169 e. The second-order valence-corrected chi connectivity index (χ2v) is 3.36. The molecule has 66 valence electrons. The third-order valence-corrected chi connectivity index (χ3v) is 2.33. The fourth-order valence-electron chi connectivity index (χ4n) is 1.74. The Morgan fingerprint density at radius 3 is 3.00 bits per heavy atom. The van der Waals surface area contributed by atoms with Crippen LogP contribution in [0.1, 0.15) is 24.2 Å². The van der Waals surface area contributed by atoms with E-state index in [4.69, 9.17) is 10.00 Å². The van der Waals surface area contributed by atoms with Crippen molar-refractivity contribution in [1.82, 2.24) is 0 Å². The van der Waals surface area contributed by atoms with Crippen LogP contribution in [0.5, 0.6) is 0 Å². The summed E-state index contributed by atoms with van der Waals surface area (Å²) in [5.41, 5.74) is 2.27. The number of hydrogen-bond donors (Lipinski definition) is 0. The van der Waals surface area contributed by atoms with Crippen LogP contribution in [-0.4, -0.2) is 6.10 Å². The predicted octanol–water partition coefficient (Wildman–Crippen LogP) is 2.21. The van der Waals surface area contributed by atoms with Gasteiger partial charge in [-0.2, -0.15) is 5.26 Å². The van der Waals surface area contributed by atoms with E-state index in [0.717, 1.165) is 12.0 Å². The van der Waals surface area contributed by atoms with Crippen molar-refractivity contribution in [2.45, 2.75) is 25.6 Å². The quantitative estimate of drug-likeness (QED) is 0.602. The molecule has 0 unspecified atom stereocenters. The summed E-state index contributed by atoms with van der Waals surface area (Å²) in [5, 5.41) is 8.88. The molecule has 1 aromatic rings. The Balaban J connectivity index is 2.44. The molecule has 0 aromatic heterocycles. The minimum absolute atomic E-state index is 0.152. The molecule has 0 radical (unpaired) electrons. The maximum atomic E-state index is 8.88. The van der Waals surface area contributed by atoms with Gasteiger partial charge >= 0.3 is 0 Å². The Labute approximate surface area is 77.8 Å². The van der Waals surface area contributed by atoms with E-state index in [-0.39, 0.29) is 12.2 Å². The Morgan fingerprint density at radius 1 is 1.46 bits per heavy atom. The number of fused-ring (bicyclic) bond motifs is 1. The summed E-state index contributed by atoms with van der Waals surface area (Å²) in [6.07, 6.45) is 0.688. The van der Waals surface area contributed by atoms with E-state index in [2.05, 4.69) is 12.1 Å². The summed E-state index contributed by atoms with van der Waals surface area (Å²) in [4.78, 5) is 0. The lowest BCUT2D eigenvalue weighted by atomic mass is 9.95. The van der Waals surface area contributed by atoms with Gasteiger partial charge in [-0.1, -0.05) is 24.3 Å². The molecule has 13 heavy (non-hydrogen) atoms. The molecule has 1 heterocycles. The van der Waals surface area contributed by atoms with Crippen LogP contribution in [0.3, 0.4) is 0 Å². The molecule has 1 aliphatic rings. The molecule has 0 fully saturated rings. The largest absolute Gasteiger partial charge is 0.355 e. The zero-order valence-electron chi connectivity index (χ0n) is 7.53. The van der Waals surface area contributed by atoms with E-state index in [1.165, 1.54) is 5.56 Å². The van der Waals surface area contributed by atoms with Crippen LogP contribution in [0.25, 0.3) is 0 Å². The van der Waals surface area contributed by atoms with Crippen LogP contribution < -0.4 is 0 Å². The molecule has 0 bridgehead atoms. The SMILES string of the molecule is C[C@@H]1Cc2ccccc2[C@@H](C#N)O1. The first-order valence-electron chi connectivity index (χ1n) is 4.44. The van der Waals surface area contributed by atoms with Gasteiger partial charge in [-0.05, 0) is 24.5 Å². The Hall–Kier alpha value is -1.33. The molecule has 1 aromatic carbocycles. The van der Waals surface area contributed by atoms with Crippen molar-refractivity contribution in [2.24, 2.45) is 0 Å². The predicted molar refractivity (Wildman–Crippen MR) is 49.0 cm³/mol. The van der Waals surface area contributed by atoms with Crippen LogP contribution in [0.15, 0.2) is 24.3 Å². The highest BCUT2D eigenvalue weighted by atomic mass is 16.5. The number of nitrogens with zero attached hydrogens (tertiary/aromatic N) is 1. The summed E-state index contributed by atoms with van der Waals surface area (Å²) in [6.45, 7) is 2.00. The fourth-order valence-corrected chi connectivity index (χ4v) is 1.74. The highest BCUT2D eigenvalue weighted by Crippen LogP contribution is 2.29. The second-order valence-electron chi connectivity index (χ2n) is 3.36. The molecule has 0 saturated carbocycles. The highest BCUT2D eigenvalue weighted by Gasteiger charge is 2.23. The van der Waals surface area contributed by atoms with Gasteiger partial charge in [-0.25, -0.2) is 0 Å². The Morgan fingerprint density at radius 2 is 2.23 bits per heavy atom. The maximum Gasteiger partial charge on any atom is 0.169 e. The molecular formula is C11H11NO. The third-order valence-electron chi connectivity index (χ3n) is 2.33. The molecule has 0 aliphatic carbocycles. The molecule has 2 rings (SSSR count). The molecule has 0 amide bonds. The van der Waals surface area contributed by atoms with E-state index < -0.39 is 0 Å². The molecule has 0 spiro atoms. The molecule has 2 nitrogen and oxygen atoms in total. The van der Waals surface area contributed by atoms with Gasteiger partial charge in [0.05, 0.1) is 12.2 Å². The first-order valence-corrected chi connectivity index (χ1v) is 4.44. The van der Waals surface area contributed by atoms with Gasteiger partial charge in [0.15, 0.2) is 6.10 Å². The van der Waals surface area contributed by atoms with Crippen molar-refractivity contribution < 1.29 is 4.74 Å². The van der Waals surface area contributed by atoms with Crippen molar-refractivity contribution in [3.63, 3.8) is 0 Å². The first kappa shape index (κ1) is 8.28. The lowest BCUT2D eigenvalue weighted by Crippen LogP contribution is -2.22. The van der Waals surface area contributed by atoms with E-state index in [1.54, 1.807) is 0 Å². The lowest BCUT2D eigenvalue weighted by molar-refractivity contribution is 0.0156. The van der Waals surface area contributed by atoms with Crippen LogP contribution >= 0.6 is 0 Å². The summed E-state index contributed by atoms with van der Waals surface area (Å²) in [6, 6.07) is 10.2. The van der Waals surface area contributed by atoms with Gasteiger partial charge < -0.3 is 4.74 Å². The van der Waals surface area contributed by atoms with Crippen molar-refractivity contribution in [2.75, 3.05) is 0 Å². The summed E-state index contributed by atoms with van der Waals surface area (Å²) < 4.78 is 5.50. The van der Waals surface area contributed by atoms with Gasteiger partial charge in [0.2, 0.25) is 0 Å².